The first kappa shape index (κ1) is 19.2. The maximum absolute atomic E-state index is 13.0. The Labute approximate surface area is 179 Å². The van der Waals surface area contributed by atoms with Gasteiger partial charge in [0, 0.05) is 18.7 Å². The third-order valence-electron chi connectivity index (χ3n) is 5.81. The number of H-pyrrole nitrogens is 1. The van der Waals surface area contributed by atoms with Gasteiger partial charge < -0.3 is 19.8 Å². The van der Waals surface area contributed by atoms with E-state index in [-0.39, 0.29) is 18.0 Å². The van der Waals surface area contributed by atoms with Gasteiger partial charge in [0.2, 0.25) is 0 Å². The van der Waals surface area contributed by atoms with Gasteiger partial charge in [-0.15, -0.1) is 0 Å². The maximum atomic E-state index is 13.0. The van der Waals surface area contributed by atoms with Crippen molar-refractivity contribution in [1.29, 1.82) is 0 Å². The smallest absolute Gasteiger partial charge is 0.253 e. The quantitative estimate of drug-likeness (QED) is 0.669. The lowest BCUT2D eigenvalue weighted by Crippen LogP contribution is -2.45. The molecule has 7 nitrogen and oxygen atoms in total. The Hall–Kier alpha value is -2.77. The van der Waals surface area contributed by atoms with Crippen LogP contribution < -0.4 is 14.8 Å². The van der Waals surface area contributed by atoms with Crippen LogP contribution in [0.25, 0.3) is 11.0 Å². The van der Waals surface area contributed by atoms with Gasteiger partial charge in [-0.2, -0.15) is 0 Å². The monoisotopic (exact) mass is 426 g/mol. The lowest BCUT2D eigenvalue weighted by molar-refractivity contribution is 0.0883. The summed E-state index contributed by atoms with van der Waals surface area (Å²) in [4.78, 5) is 23.4. The van der Waals surface area contributed by atoms with E-state index in [0.29, 0.717) is 35.3 Å². The number of likely N-dealkylation sites (tertiary alicyclic amines) is 1. The van der Waals surface area contributed by atoms with Gasteiger partial charge in [0.25, 0.3) is 5.91 Å². The molecule has 1 fully saturated rings. The lowest BCUT2D eigenvalue weighted by Gasteiger charge is -2.36. The SMILES string of the molecule is CN1CCC(NC(=O)c2cc3c(cc2Cl)OCCO3)CC1c1nc2ccccc2[nH]1. The molecule has 1 aromatic heterocycles. The first-order valence-corrected chi connectivity index (χ1v) is 10.5. The van der Waals surface area contributed by atoms with Gasteiger partial charge in [-0.25, -0.2) is 4.98 Å². The number of imidazole rings is 1. The molecule has 1 amide bonds. The number of carbonyl (C=O) groups excluding carboxylic acids is 1. The highest BCUT2D eigenvalue weighted by atomic mass is 35.5. The highest BCUT2D eigenvalue weighted by molar-refractivity contribution is 6.34. The first-order valence-electron chi connectivity index (χ1n) is 10.1. The largest absolute Gasteiger partial charge is 0.486 e. The van der Waals surface area contributed by atoms with Crippen LogP contribution in [-0.4, -0.2) is 53.6 Å². The molecule has 2 aliphatic heterocycles. The summed E-state index contributed by atoms with van der Waals surface area (Å²) in [5.41, 5.74) is 2.38. The Morgan fingerprint density at radius 3 is 2.80 bits per heavy atom. The fraction of sp³-hybridized carbons (Fsp3) is 0.364. The number of benzene rings is 2. The molecule has 0 radical (unpaired) electrons. The summed E-state index contributed by atoms with van der Waals surface area (Å²) in [7, 11) is 2.09. The molecule has 30 heavy (non-hydrogen) atoms. The number of fused-ring (bicyclic) bond motifs is 2. The maximum Gasteiger partial charge on any atom is 0.253 e. The summed E-state index contributed by atoms with van der Waals surface area (Å²) in [5.74, 6) is 1.86. The molecular formula is C22H23ClN4O3. The lowest BCUT2D eigenvalue weighted by atomic mass is 9.96. The van der Waals surface area contributed by atoms with Gasteiger partial charge in [0.05, 0.1) is 27.7 Å². The number of hydrogen-bond acceptors (Lipinski definition) is 5. The van der Waals surface area contributed by atoms with Gasteiger partial charge in [-0.1, -0.05) is 23.7 Å². The molecule has 1 saturated heterocycles. The Morgan fingerprint density at radius 2 is 2.00 bits per heavy atom. The molecule has 2 aliphatic rings. The molecule has 2 N–H and O–H groups in total. The highest BCUT2D eigenvalue weighted by Crippen LogP contribution is 2.36. The Morgan fingerprint density at radius 1 is 1.23 bits per heavy atom. The zero-order chi connectivity index (χ0) is 20.7. The van der Waals surface area contributed by atoms with Crippen molar-refractivity contribution in [3.63, 3.8) is 0 Å². The summed E-state index contributed by atoms with van der Waals surface area (Å²) < 4.78 is 11.1. The Bertz CT molecular complexity index is 1070. The van der Waals surface area contributed by atoms with E-state index < -0.39 is 0 Å². The van der Waals surface area contributed by atoms with Gasteiger partial charge in [0.15, 0.2) is 11.5 Å². The third kappa shape index (κ3) is 3.59. The van der Waals surface area contributed by atoms with E-state index in [9.17, 15) is 4.79 Å². The van der Waals surface area contributed by atoms with Crippen LogP contribution in [-0.2, 0) is 0 Å². The zero-order valence-corrected chi connectivity index (χ0v) is 17.4. The van der Waals surface area contributed by atoms with Crippen LogP contribution in [0.15, 0.2) is 36.4 Å². The minimum Gasteiger partial charge on any atom is -0.486 e. The fourth-order valence-electron chi connectivity index (χ4n) is 4.17. The van der Waals surface area contributed by atoms with Gasteiger partial charge >= 0.3 is 0 Å². The van der Waals surface area contributed by atoms with Crippen LogP contribution in [0, 0.1) is 0 Å². The van der Waals surface area contributed by atoms with Crippen LogP contribution >= 0.6 is 11.6 Å². The fourth-order valence-corrected chi connectivity index (χ4v) is 4.41. The topological polar surface area (TPSA) is 79.5 Å². The van der Waals surface area contributed by atoms with E-state index in [0.717, 1.165) is 36.2 Å². The second-order valence-corrected chi connectivity index (χ2v) is 8.21. The number of amides is 1. The highest BCUT2D eigenvalue weighted by Gasteiger charge is 2.31. The van der Waals surface area contributed by atoms with Crippen molar-refractivity contribution in [2.45, 2.75) is 24.9 Å². The average molecular weight is 427 g/mol. The van der Waals surface area contributed by atoms with Crippen molar-refractivity contribution >= 4 is 28.5 Å². The van der Waals surface area contributed by atoms with E-state index in [1.54, 1.807) is 12.1 Å². The number of nitrogens with zero attached hydrogens (tertiary/aromatic N) is 2. The Balaban J connectivity index is 1.33. The van der Waals surface area contributed by atoms with Gasteiger partial charge in [0.1, 0.15) is 19.0 Å². The van der Waals surface area contributed by atoms with Crippen LogP contribution in [0.2, 0.25) is 5.02 Å². The van der Waals surface area contributed by atoms with E-state index in [4.69, 9.17) is 26.1 Å². The first-order chi connectivity index (χ1) is 14.6. The zero-order valence-electron chi connectivity index (χ0n) is 16.7. The Kier molecular flexibility index (Phi) is 5.00. The van der Waals surface area contributed by atoms with Gasteiger partial charge in [-0.05, 0) is 38.1 Å². The molecule has 2 aromatic carbocycles. The molecule has 0 bridgehead atoms. The molecule has 3 aromatic rings. The molecule has 2 unspecified atom stereocenters. The summed E-state index contributed by atoms with van der Waals surface area (Å²) in [6.45, 7) is 1.80. The third-order valence-corrected chi connectivity index (χ3v) is 6.12. The number of aromatic amines is 1. The van der Waals surface area contributed by atoms with Crippen molar-refractivity contribution in [2.24, 2.45) is 0 Å². The van der Waals surface area contributed by atoms with Crippen molar-refractivity contribution in [3.8, 4) is 11.5 Å². The molecule has 3 heterocycles. The number of para-hydroxylation sites is 2. The number of piperidine rings is 1. The summed E-state index contributed by atoms with van der Waals surface area (Å²) in [6, 6.07) is 11.4. The number of ether oxygens (including phenoxy) is 2. The van der Waals surface area contributed by atoms with Crippen LogP contribution in [0.5, 0.6) is 11.5 Å². The van der Waals surface area contributed by atoms with Crippen LogP contribution in [0.3, 0.4) is 0 Å². The molecule has 8 heteroatoms. The predicted molar refractivity (Wildman–Crippen MR) is 114 cm³/mol. The molecule has 0 aliphatic carbocycles. The van der Waals surface area contributed by atoms with E-state index in [1.165, 1.54) is 0 Å². The molecule has 5 rings (SSSR count). The standard InChI is InChI=1S/C22H23ClN4O3/c1-27-7-6-13(10-18(27)21-25-16-4-2-3-5-17(16)26-21)24-22(28)14-11-19-20(12-15(14)23)30-9-8-29-19/h2-5,11-13,18H,6-10H2,1H3,(H,24,28)(H,25,26). The minimum absolute atomic E-state index is 0.0242. The summed E-state index contributed by atoms with van der Waals surface area (Å²) in [6.07, 6.45) is 1.63. The number of carbonyl (C=O) groups is 1. The van der Waals surface area contributed by atoms with Crippen molar-refractivity contribution in [1.82, 2.24) is 20.2 Å². The molecule has 0 saturated carbocycles. The summed E-state index contributed by atoms with van der Waals surface area (Å²) >= 11 is 6.35. The van der Waals surface area contributed by atoms with Crippen LogP contribution in [0.4, 0.5) is 0 Å². The van der Waals surface area contributed by atoms with Crippen molar-refractivity contribution in [3.05, 3.63) is 52.8 Å². The second-order valence-electron chi connectivity index (χ2n) is 7.81. The van der Waals surface area contributed by atoms with E-state index in [1.807, 2.05) is 24.3 Å². The molecule has 2 atom stereocenters. The van der Waals surface area contributed by atoms with Gasteiger partial charge in [-0.3, -0.25) is 9.69 Å². The van der Waals surface area contributed by atoms with E-state index in [2.05, 4.69) is 22.2 Å². The molecule has 156 valence electrons. The number of aromatic nitrogens is 2. The number of hydrogen-bond donors (Lipinski definition) is 2. The normalized spacial score (nSPS) is 21.5. The van der Waals surface area contributed by atoms with Crippen LogP contribution in [0.1, 0.15) is 35.1 Å². The minimum atomic E-state index is -0.199. The number of nitrogens with one attached hydrogen (secondary N) is 2. The predicted octanol–water partition coefficient (Wildman–Crippen LogP) is 3.55. The second kappa shape index (κ2) is 7.81. The molecule has 0 spiro atoms. The number of halogens is 1. The van der Waals surface area contributed by atoms with Crippen molar-refractivity contribution < 1.29 is 14.3 Å². The number of rotatable bonds is 3. The molecular weight excluding hydrogens is 404 g/mol. The average Bonchev–Trinajstić information content (AvgIpc) is 3.18. The van der Waals surface area contributed by atoms with E-state index >= 15 is 0 Å². The van der Waals surface area contributed by atoms with Crippen molar-refractivity contribution in [2.75, 3.05) is 26.8 Å². The summed E-state index contributed by atoms with van der Waals surface area (Å²) in [5, 5.41) is 3.51.